The van der Waals surface area contributed by atoms with Gasteiger partial charge in [-0.05, 0) is 56.7 Å². The molecule has 7 nitrogen and oxygen atoms in total. The largest absolute Gasteiger partial charge is 0.497 e. The van der Waals surface area contributed by atoms with Crippen LogP contribution in [0.15, 0.2) is 29.3 Å². The van der Waals surface area contributed by atoms with E-state index in [0.29, 0.717) is 17.1 Å². The van der Waals surface area contributed by atoms with Crippen molar-refractivity contribution >= 4 is 41.7 Å². The number of guanidine groups is 1. The molecule has 28 heavy (non-hydrogen) atoms. The number of benzene rings is 1. The summed E-state index contributed by atoms with van der Waals surface area (Å²) in [5.74, 6) is 4.27. The number of methoxy groups -OCH3 is 1. The van der Waals surface area contributed by atoms with Crippen molar-refractivity contribution in [3.05, 3.63) is 30.1 Å². The second-order valence-electron chi connectivity index (χ2n) is 6.78. The van der Waals surface area contributed by atoms with Crippen LogP contribution in [0.4, 0.5) is 0 Å². The van der Waals surface area contributed by atoms with Gasteiger partial charge < -0.3 is 15.4 Å². The lowest BCUT2D eigenvalue weighted by molar-refractivity contribution is 0.415. The van der Waals surface area contributed by atoms with Crippen molar-refractivity contribution in [1.82, 2.24) is 25.8 Å². The summed E-state index contributed by atoms with van der Waals surface area (Å²) in [6, 6.07) is 7.69. The summed E-state index contributed by atoms with van der Waals surface area (Å²) in [6.45, 7) is 6.57. The van der Waals surface area contributed by atoms with Crippen molar-refractivity contribution < 1.29 is 4.74 Å². The number of aromatic amines is 1. The lowest BCUT2D eigenvalue weighted by Gasteiger charge is -2.24. The van der Waals surface area contributed by atoms with Crippen LogP contribution in [0, 0.1) is 0 Å². The minimum Gasteiger partial charge on any atom is -0.497 e. The molecule has 0 amide bonds. The summed E-state index contributed by atoms with van der Waals surface area (Å²) in [4.78, 5) is 9.19. The fourth-order valence-corrected chi connectivity index (χ4v) is 4.22. The second-order valence-corrected chi connectivity index (χ2v) is 8.47. The molecular formula is C19H29IN6OS. The fourth-order valence-electron chi connectivity index (χ4n) is 2.98. The molecule has 0 bridgehead atoms. The summed E-state index contributed by atoms with van der Waals surface area (Å²) in [5.41, 5.74) is 0.943. The van der Waals surface area contributed by atoms with Crippen LogP contribution in [0.2, 0.25) is 0 Å². The van der Waals surface area contributed by atoms with Crippen molar-refractivity contribution in [2.75, 3.05) is 26.0 Å². The molecule has 1 aromatic heterocycles. The van der Waals surface area contributed by atoms with E-state index >= 15 is 0 Å². The number of nitrogens with zero attached hydrogens (tertiary/aromatic N) is 3. The molecule has 1 fully saturated rings. The van der Waals surface area contributed by atoms with Gasteiger partial charge in [-0.15, -0.1) is 24.0 Å². The van der Waals surface area contributed by atoms with Gasteiger partial charge in [0.25, 0.3) is 0 Å². The third kappa shape index (κ3) is 6.26. The highest BCUT2D eigenvalue weighted by Gasteiger charge is 2.29. The minimum atomic E-state index is 0. The molecule has 154 valence electrons. The molecular weight excluding hydrogens is 487 g/mol. The number of aromatic nitrogens is 3. The Kier molecular flexibility index (Phi) is 8.87. The molecule has 1 aliphatic rings. The van der Waals surface area contributed by atoms with Crippen LogP contribution in [0.1, 0.15) is 32.5 Å². The van der Waals surface area contributed by atoms with E-state index in [1.54, 1.807) is 7.11 Å². The first-order valence-electron chi connectivity index (χ1n) is 9.34. The van der Waals surface area contributed by atoms with Crippen LogP contribution >= 0.6 is 35.7 Å². The van der Waals surface area contributed by atoms with Gasteiger partial charge in [-0.2, -0.15) is 16.9 Å². The van der Waals surface area contributed by atoms with E-state index in [9.17, 15) is 0 Å². The predicted octanol–water partition coefficient (Wildman–Crippen LogP) is 3.44. The highest BCUT2D eigenvalue weighted by molar-refractivity contribution is 14.0. The Labute approximate surface area is 187 Å². The predicted molar refractivity (Wildman–Crippen MR) is 127 cm³/mol. The van der Waals surface area contributed by atoms with Gasteiger partial charge in [0.1, 0.15) is 18.1 Å². The number of hydrogen-bond donors (Lipinski definition) is 3. The zero-order valence-corrected chi connectivity index (χ0v) is 19.8. The van der Waals surface area contributed by atoms with Crippen molar-refractivity contribution in [3.8, 4) is 17.1 Å². The molecule has 1 aliphatic heterocycles. The SMILES string of the molecule is CCNC(=NCc1nc(-c2ccc(OC)cc2)n[nH]1)NCC1(C)CCCS1.I. The van der Waals surface area contributed by atoms with Crippen LogP contribution in [-0.2, 0) is 6.54 Å². The lowest BCUT2D eigenvalue weighted by atomic mass is 10.1. The maximum atomic E-state index is 5.18. The average molecular weight is 516 g/mol. The molecule has 0 spiro atoms. The molecule has 0 radical (unpaired) electrons. The molecule has 3 N–H and O–H groups in total. The van der Waals surface area contributed by atoms with Gasteiger partial charge in [-0.1, -0.05) is 0 Å². The molecule has 0 aliphatic carbocycles. The number of nitrogens with one attached hydrogen (secondary N) is 3. The van der Waals surface area contributed by atoms with Gasteiger partial charge in [-0.25, -0.2) is 9.98 Å². The zero-order chi connectivity index (χ0) is 19.1. The number of halogens is 1. The van der Waals surface area contributed by atoms with E-state index in [2.05, 4.69) is 44.7 Å². The Morgan fingerprint density at radius 3 is 2.75 bits per heavy atom. The Balaban J connectivity index is 0.00000280. The smallest absolute Gasteiger partial charge is 0.191 e. The van der Waals surface area contributed by atoms with Crippen molar-refractivity contribution in [2.24, 2.45) is 4.99 Å². The van der Waals surface area contributed by atoms with Crippen molar-refractivity contribution in [1.29, 1.82) is 0 Å². The third-order valence-electron chi connectivity index (χ3n) is 4.54. The van der Waals surface area contributed by atoms with Gasteiger partial charge in [0, 0.05) is 23.4 Å². The molecule has 1 unspecified atom stereocenters. The monoisotopic (exact) mass is 516 g/mol. The summed E-state index contributed by atoms with van der Waals surface area (Å²) >= 11 is 2.04. The zero-order valence-electron chi connectivity index (χ0n) is 16.6. The van der Waals surface area contributed by atoms with Crippen LogP contribution in [-0.4, -0.2) is 51.8 Å². The third-order valence-corrected chi connectivity index (χ3v) is 6.08. The van der Waals surface area contributed by atoms with Crippen LogP contribution in [0.5, 0.6) is 5.75 Å². The maximum Gasteiger partial charge on any atom is 0.191 e. The van der Waals surface area contributed by atoms with Crippen LogP contribution in [0.3, 0.4) is 0 Å². The highest BCUT2D eigenvalue weighted by Crippen LogP contribution is 2.36. The van der Waals surface area contributed by atoms with E-state index in [-0.39, 0.29) is 24.0 Å². The molecule has 1 atom stereocenters. The maximum absolute atomic E-state index is 5.18. The Morgan fingerprint density at radius 2 is 2.11 bits per heavy atom. The quantitative estimate of drug-likeness (QED) is 0.297. The first-order valence-corrected chi connectivity index (χ1v) is 10.3. The Bertz CT molecular complexity index is 758. The van der Waals surface area contributed by atoms with Gasteiger partial charge in [0.2, 0.25) is 0 Å². The summed E-state index contributed by atoms with van der Waals surface area (Å²) in [6.07, 6.45) is 2.54. The van der Waals surface area contributed by atoms with Crippen LogP contribution in [0.25, 0.3) is 11.4 Å². The number of H-pyrrole nitrogens is 1. The molecule has 0 saturated carbocycles. The Hall–Kier alpha value is -1.49. The molecule has 9 heteroatoms. The first-order chi connectivity index (χ1) is 13.1. The van der Waals surface area contributed by atoms with Gasteiger partial charge in [0.05, 0.1) is 7.11 Å². The van der Waals surface area contributed by atoms with E-state index in [0.717, 1.165) is 36.2 Å². The Morgan fingerprint density at radius 1 is 1.32 bits per heavy atom. The molecule has 3 rings (SSSR count). The topological polar surface area (TPSA) is 87.2 Å². The number of ether oxygens (including phenoxy) is 1. The number of hydrogen-bond acceptors (Lipinski definition) is 5. The fraction of sp³-hybridized carbons (Fsp3) is 0.526. The molecule has 2 heterocycles. The van der Waals surface area contributed by atoms with Crippen LogP contribution < -0.4 is 15.4 Å². The second kappa shape index (κ2) is 10.9. The minimum absolute atomic E-state index is 0. The van der Waals surface area contributed by atoms with Crippen molar-refractivity contribution in [3.63, 3.8) is 0 Å². The normalized spacial score (nSPS) is 19.2. The summed E-state index contributed by atoms with van der Waals surface area (Å²) in [7, 11) is 1.65. The van der Waals surface area contributed by atoms with Gasteiger partial charge in [-0.3, -0.25) is 5.10 Å². The molecule has 1 saturated heterocycles. The van der Waals surface area contributed by atoms with Gasteiger partial charge >= 0.3 is 0 Å². The number of aliphatic imine (C=N–C) groups is 1. The van der Waals surface area contributed by atoms with E-state index in [1.807, 2.05) is 36.0 Å². The lowest BCUT2D eigenvalue weighted by Crippen LogP contribution is -2.43. The standard InChI is InChI=1S/C19H28N6OS.HI/c1-4-20-18(22-13-19(2)10-5-11-27-19)21-12-16-23-17(25-24-16)14-6-8-15(26-3)9-7-14;/h6-9H,4-5,10-13H2,1-3H3,(H2,20,21,22)(H,23,24,25);1H. The molecule has 1 aromatic carbocycles. The first kappa shape index (κ1) is 22.8. The molecule has 2 aromatic rings. The van der Waals surface area contributed by atoms with E-state index in [1.165, 1.54) is 18.6 Å². The highest BCUT2D eigenvalue weighted by atomic mass is 127. The average Bonchev–Trinajstić information content (AvgIpc) is 3.34. The number of rotatable bonds is 7. The summed E-state index contributed by atoms with van der Waals surface area (Å²) < 4.78 is 5.48. The van der Waals surface area contributed by atoms with E-state index in [4.69, 9.17) is 4.74 Å². The van der Waals surface area contributed by atoms with Gasteiger partial charge in [0.15, 0.2) is 11.8 Å². The van der Waals surface area contributed by atoms with Crippen molar-refractivity contribution in [2.45, 2.75) is 38.0 Å². The summed E-state index contributed by atoms with van der Waals surface area (Å²) in [5, 5.41) is 14.0. The van der Waals surface area contributed by atoms with E-state index < -0.39 is 0 Å². The number of thioether (sulfide) groups is 1.